The molecule has 0 bridgehead atoms. The summed E-state index contributed by atoms with van der Waals surface area (Å²) in [6.45, 7) is 1.83. The lowest BCUT2D eigenvalue weighted by Gasteiger charge is -2.07. The van der Waals surface area contributed by atoms with Crippen LogP contribution in [-0.4, -0.2) is 19.1 Å². The van der Waals surface area contributed by atoms with Gasteiger partial charge in [0.1, 0.15) is 0 Å². The Kier molecular flexibility index (Phi) is 3.66. The number of nitrogens with one attached hydrogen (secondary N) is 1. The average molecular weight is 277 g/mol. The normalized spacial score (nSPS) is 18.6. The molecule has 1 fully saturated rings. The van der Waals surface area contributed by atoms with Crippen molar-refractivity contribution in [2.75, 3.05) is 13.2 Å². The molecule has 4 nitrogen and oxygen atoms in total. The molecule has 1 saturated heterocycles. The fourth-order valence-electron chi connectivity index (χ4n) is 2.11. The molecule has 2 aromatic heterocycles. The molecule has 0 aliphatic carbocycles. The first-order valence-electron chi connectivity index (χ1n) is 6.28. The van der Waals surface area contributed by atoms with E-state index in [2.05, 4.69) is 16.8 Å². The first-order chi connectivity index (χ1) is 9.33. The fourth-order valence-corrected chi connectivity index (χ4v) is 2.95. The van der Waals surface area contributed by atoms with E-state index in [-0.39, 0.29) is 11.8 Å². The van der Waals surface area contributed by atoms with Crippen molar-refractivity contribution in [3.05, 3.63) is 34.9 Å². The highest BCUT2D eigenvalue weighted by molar-refractivity contribution is 7.10. The molecule has 0 saturated carbocycles. The Balaban J connectivity index is 1.57. The molecule has 19 heavy (non-hydrogen) atoms. The summed E-state index contributed by atoms with van der Waals surface area (Å²) in [4.78, 5) is 13.0. The zero-order chi connectivity index (χ0) is 13.1. The zero-order valence-corrected chi connectivity index (χ0v) is 11.2. The van der Waals surface area contributed by atoms with Crippen LogP contribution in [0.15, 0.2) is 34.5 Å². The van der Waals surface area contributed by atoms with Gasteiger partial charge in [-0.15, -0.1) is 11.3 Å². The van der Waals surface area contributed by atoms with Crippen LogP contribution in [-0.2, 0) is 16.1 Å². The SMILES string of the molecule is O=C(NCc1cc(-c2ccoc2)cs1)C1CCOC1. The monoisotopic (exact) mass is 277 g/mol. The van der Waals surface area contributed by atoms with Crippen LogP contribution in [0, 0.1) is 5.92 Å². The molecular formula is C14H15NO3S. The Morgan fingerprint density at radius 1 is 1.47 bits per heavy atom. The molecule has 3 rings (SSSR count). The second kappa shape index (κ2) is 5.59. The largest absolute Gasteiger partial charge is 0.472 e. The van der Waals surface area contributed by atoms with Gasteiger partial charge in [-0.3, -0.25) is 4.79 Å². The van der Waals surface area contributed by atoms with Gasteiger partial charge in [0.2, 0.25) is 5.91 Å². The first kappa shape index (κ1) is 12.4. The van der Waals surface area contributed by atoms with Gasteiger partial charge in [0.15, 0.2) is 0 Å². The lowest BCUT2D eigenvalue weighted by molar-refractivity contribution is -0.125. The molecule has 0 aromatic carbocycles. The van der Waals surface area contributed by atoms with Crippen LogP contribution in [0.4, 0.5) is 0 Å². The highest BCUT2D eigenvalue weighted by Crippen LogP contribution is 2.26. The van der Waals surface area contributed by atoms with Crippen LogP contribution >= 0.6 is 11.3 Å². The van der Waals surface area contributed by atoms with E-state index in [0.29, 0.717) is 19.8 Å². The fraction of sp³-hybridized carbons (Fsp3) is 0.357. The van der Waals surface area contributed by atoms with Crippen molar-refractivity contribution in [3.63, 3.8) is 0 Å². The van der Waals surface area contributed by atoms with Crippen LogP contribution in [0.3, 0.4) is 0 Å². The highest BCUT2D eigenvalue weighted by atomic mass is 32.1. The van der Waals surface area contributed by atoms with Crippen LogP contribution in [0.5, 0.6) is 0 Å². The molecule has 1 aliphatic rings. The number of rotatable bonds is 4. The quantitative estimate of drug-likeness (QED) is 0.934. The minimum Gasteiger partial charge on any atom is -0.472 e. The van der Waals surface area contributed by atoms with Gasteiger partial charge in [-0.2, -0.15) is 0 Å². The lowest BCUT2D eigenvalue weighted by atomic mass is 10.1. The van der Waals surface area contributed by atoms with Crippen molar-refractivity contribution < 1.29 is 13.9 Å². The van der Waals surface area contributed by atoms with Gasteiger partial charge in [-0.1, -0.05) is 0 Å². The molecule has 1 unspecified atom stereocenters. The molecule has 100 valence electrons. The number of thiophene rings is 1. The summed E-state index contributed by atoms with van der Waals surface area (Å²) in [6.07, 6.45) is 4.21. The summed E-state index contributed by atoms with van der Waals surface area (Å²) in [5.74, 6) is 0.115. The van der Waals surface area contributed by atoms with E-state index in [4.69, 9.17) is 9.15 Å². The van der Waals surface area contributed by atoms with E-state index in [0.717, 1.165) is 22.4 Å². The van der Waals surface area contributed by atoms with Gasteiger partial charge in [0.25, 0.3) is 0 Å². The Labute approximate surface area is 115 Å². The Hall–Kier alpha value is -1.59. The summed E-state index contributed by atoms with van der Waals surface area (Å²) in [6, 6.07) is 4.02. The molecule has 5 heteroatoms. The summed E-state index contributed by atoms with van der Waals surface area (Å²) in [5, 5.41) is 5.04. The minimum absolute atomic E-state index is 0.0216. The third-order valence-electron chi connectivity index (χ3n) is 3.25. The molecule has 0 spiro atoms. The number of furan rings is 1. The second-order valence-electron chi connectivity index (χ2n) is 4.59. The van der Waals surface area contributed by atoms with Crippen molar-refractivity contribution in [1.82, 2.24) is 5.32 Å². The van der Waals surface area contributed by atoms with E-state index in [9.17, 15) is 4.79 Å². The minimum atomic E-state index is 0.0216. The third kappa shape index (κ3) is 2.88. The van der Waals surface area contributed by atoms with E-state index in [1.165, 1.54) is 0 Å². The Bertz CT molecular complexity index is 541. The molecule has 1 aliphatic heterocycles. The van der Waals surface area contributed by atoms with Crippen molar-refractivity contribution in [2.45, 2.75) is 13.0 Å². The molecular weight excluding hydrogens is 262 g/mol. The van der Waals surface area contributed by atoms with Crippen LogP contribution < -0.4 is 5.32 Å². The van der Waals surface area contributed by atoms with Crippen LogP contribution in [0.2, 0.25) is 0 Å². The highest BCUT2D eigenvalue weighted by Gasteiger charge is 2.23. The number of hydrogen-bond acceptors (Lipinski definition) is 4. The van der Waals surface area contributed by atoms with Crippen molar-refractivity contribution >= 4 is 17.2 Å². The van der Waals surface area contributed by atoms with Gasteiger partial charge < -0.3 is 14.5 Å². The maximum atomic E-state index is 11.9. The number of amides is 1. The molecule has 1 atom stereocenters. The van der Waals surface area contributed by atoms with E-state index in [1.807, 2.05) is 6.07 Å². The number of hydrogen-bond donors (Lipinski definition) is 1. The third-order valence-corrected chi connectivity index (χ3v) is 4.18. The van der Waals surface area contributed by atoms with Crippen molar-refractivity contribution in [3.8, 4) is 11.1 Å². The second-order valence-corrected chi connectivity index (χ2v) is 5.59. The van der Waals surface area contributed by atoms with E-state index >= 15 is 0 Å². The predicted octanol–water partition coefficient (Wildman–Crippen LogP) is 2.66. The Morgan fingerprint density at radius 3 is 3.16 bits per heavy atom. The zero-order valence-electron chi connectivity index (χ0n) is 10.4. The smallest absolute Gasteiger partial charge is 0.225 e. The predicted molar refractivity (Wildman–Crippen MR) is 72.8 cm³/mol. The average Bonchev–Trinajstić information content (AvgIpc) is 3.14. The van der Waals surface area contributed by atoms with E-state index in [1.54, 1.807) is 23.9 Å². The maximum Gasteiger partial charge on any atom is 0.225 e. The summed E-state index contributed by atoms with van der Waals surface area (Å²) >= 11 is 1.64. The van der Waals surface area contributed by atoms with Gasteiger partial charge in [0, 0.05) is 17.0 Å². The summed E-state index contributed by atoms with van der Waals surface area (Å²) in [7, 11) is 0. The van der Waals surface area contributed by atoms with Crippen molar-refractivity contribution in [1.29, 1.82) is 0 Å². The van der Waals surface area contributed by atoms with Crippen LogP contribution in [0.25, 0.3) is 11.1 Å². The Morgan fingerprint density at radius 2 is 2.42 bits per heavy atom. The van der Waals surface area contributed by atoms with E-state index < -0.39 is 0 Å². The molecule has 3 heterocycles. The van der Waals surface area contributed by atoms with Gasteiger partial charge in [-0.25, -0.2) is 0 Å². The topological polar surface area (TPSA) is 51.5 Å². The standard InChI is InChI=1S/C14H15NO3S/c16-14(11-2-4-18-8-11)15-6-13-5-12(9-19-13)10-1-3-17-7-10/h1,3,5,7,9,11H,2,4,6,8H2,(H,15,16). The number of ether oxygens (including phenoxy) is 1. The lowest BCUT2D eigenvalue weighted by Crippen LogP contribution is -2.30. The number of carbonyl (C=O) groups excluding carboxylic acids is 1. The van der Waals surface area contributed by atoms with Gasteiger partial charge in [0.05, 0.1) is 31.6 Å². The molecule has 1 amide bonds. The summed E-state index contributed by atoms with van der Waals surface area (Å²) < 4.78 is 10.3. The number of carbonyl (C=O) groups is 1. The molecule has 1 N–H and O–H groups in total. The van der Waals surface area contributed by atoms with Crippen LogP contribution in [0.1, 0.15) is 11.3 Å². The first-order valence-corrected chi connectivity index (χ1v) is 7.16. The molecule has 0 radical (unpaired) electrons. The summed E-state index contributed by atoms with van der Waals surface area (Å²) in [5.41, 5.74) is 2.20. The maximum absolute atomic E-state index is 11.9. The van der Waals surface area contributed by atoms with Gasteiger partial charge >= 0.3 is 0 Å². The van der Waals surface area contributed by atoms with Gasteiger partial charge in [-0.05, 0) is 29.5 Å². The van der Waals surface area contributed by atoms with Crippen molar-refractivity contribution in [2.24, 2.45) is 5.92 Å². The molecule has 2 aromatic rings.